The molecule has 0 unspecified atom stereocenters. The first-order valence-electron chi connectivity index (χ1n) is 9.90. The monoisotopic (exact) mass is 440 g/mol. The van der Waals surface area contributed by atoms with E-state index in [1.54, 1.807) is 67.7 Å². The van der Waals surface area contributed by atoms with Gasteiger partial charge in [0.1, 0.15) is 5.82 Å². The molecule has 0 spiro atoms. The minimum Gasteiger partial charge on any atom is -0.341 e. The zero-order valence-electron chi connectivity index (χ0n) is 17.5. The van der Waals surface area contributed by atoms with Crippen LogP contribution in [0.3, 0.4) is 0 Å². The van der Waals surface area contributed by atoms with E-state index < -0.39 is 10.0 Å². The van der Waals surface area contributed by atoms with Crippen LogP contribution in [0.5, 0.6) is 0 Å². The number of hydrogen-bond acceptors (Lipinski definition) is 3. The van der Waals surface area contributed by atoms with Crippen molar-refractivity contribution >= 4 is 21.6 Å². The SMILES string of the molecule is Cc1ccc(S(=O)(=O)N(CCC(=O)N(C)Cc2ccc(F)cc2)c2ccccc2)cc1. The van der Waals surface area contributed by atoms with E-state index in [1.807, 2.05) is 13.0 Å². The van der Waals surface area contributed by atoms with Crippen LogP contribution in [-0.4, -0.2) is 32.8 Å². The summed E-state index contributed by atoms with van der Waals surface area (Å²) in [4.78, 5) is 14.4. The van der Waals surface area contributed by atoms with Gasteiger partial charge in [-0.05, 0) is 48.9 Å². The molecule has 0 N–H and O–H groups in total. The molecule has 1 amide bonds. The number of amides is 1. The molecule has 31 heavy (non-hydrogen) atoms. The molecule has 0 radical (unpaired) electrons. The smallest absolute Gasteiger partial charge is 0.264 e. The maximum Gasteiger partial charge on any atom is 0.264 e. The predicted molar refractivity (Wildman–Crippen MR) is 120 cm³/mol. The topological polar surface area (TPSA) is 57.7 Å². The van der Waals surface area contributed by atoms with E-state index >= 15 is 0 Å². The van der Waals surface area contributed by atoms with Gasteiger partial charge in [-0.25, -0.2) is 12.8 Å². The lowest BCUT2D eigenvalue weighted by molar-refractivity contribution is -0.130. The third-order valence-electron chi connectivity index (χ3n) is 4.94. The molecule has 3 aromatic rings. The Labute approximate surface area is 182 Å². The molecule has 0 aromatic heterocycles. The first-order chi connectivity index (χ1) is 14.8. The number of carbonyl (C=O) groups excluding carboxylic acids is 1. The number of nitrogens with zero attached hydrogens (tertiary/aromatic N) is 2. The van der Waals surface area contributed by atoms with Crippen molar-refractivity contribution in [1.82, 2.24) is 4.90 Å². The van der Waals surface area contributed by atoms with Crippen LogP contribution in [0.15, 0.2) is 83.8 Å². The fourth-order valence-electron chi connectivity index (χ4n) is 3.16. The van der Waals surface area contributed by atoms with Crippen LogP contribution >= 0.6 is 0 Å². The molecule has 0 heterocycles. The standard InChI is InChI=1S/C24H25FN2O3S/c1-19-8-14-23(15-9-19)31(29,30)27(22-6-4-3-5-7-22)17-16-24(28)26(2)18-20-10-12-21(25)13-11-20/h3-15H,16-18H2,1-2H3. The Morgan fingerprint density at radius 2 is 1.52 bits per heavy atom. The summed E-state index contributed by atoms with van der Waals surface area (Å²) in [5.41, 5.74) is 2.25. The zero-order valence-corrected chi connectivity index (χ0v) is 18.3. The lowest BCUT2D eigenvalue weighted by Gasteiger charge is -2.26. The summed E-state index contributed by atoms with van der Waals surface area (Å²) >= 11 is 0. The summed E-state index contributed by atoms with van der Waals surface area (Å²) in [6.45, 7) is 2.21. The lowest BCUT2D eigenvalue weighted by atomic mass is 10.2. The van der Waals surface area contributed by atoms with Crippen LogP contribution < -0.4 is 4.31 Å². The van der Waals surface area contributed by atoms with Gasteiger partial charge in [-0.3, -0.25) is 9.10 Å². The Morgan fingerprint density at radius 1 is 0.903 bits per heavy atom. The fourth-order valence-corrected chi connectivity index (χ4v) is 4.63. The highest BCUT2D eigenvalue weighted by Crippen LogP contribution is 2.24. The first-order valence-corrected chi connectivity index (χ1v) is 11.3. The number of aryl methyl sites for hydroxylation is 1. The second-order valence-electron chi connectivity index (χ2n) is 7.35. The number of benzene rings is 3. The van der Waals surface area contributed by atoms with Gasteiger partial charge in [0.25, 0.3) is 10.0 Å². The molecule has 7 heteroatoms. The molecule has 0 atom stereocenters. The van der Waals surface area contributed by atoms with Crippen molar-refractivity contribution < 1.29 is 17.6 Å². The van der Waals surface area contributed by atoms with Crippen molar-refractivity contribution in [3.63, 3.8) is 0 Å². The molecule has 0 aliphatic heterocycles. The minimum absolute atomic E-state index is 0.00676. The summed E-state index contributed by atoms with van der Waals surface area (Å²) in [7, 11) is -2.19. The third-order valence-corrected chi connectivity index (χ3v) is 6.78. The van der Waals surface area contributed by atoms with E-state index in [0.717, 1.165) is 11.1 Å². The Balaban J connectivity index is 1.77. The summed E-state index contributed by atoms with van der Waals surface area (Å²) in [5, 5.41) is 0. The molecule has 162 valence electrons. The predicted octanol–water partition coefficient (Wildman–Crippen LogP) is 4.38. The molecular formula is C24H25FN2O3S. The van der Waals surface area contributed by atoms with Crippen molar-refractivity contribution in [1.29, 1.82) is 0 Å². The number of sulfonamides is 1. The van der Waals surface area contributed by atoms with Crippen molar-refractivity contribution in [2.45, 2.75) is 24.8 Å². The molecule has 0 fully saturated rings. The molecule has 0 aliphatic carbocycles. The normalized spacial score (nSPS) is 11.2. The maximum atomic E-state index is 13.3. The first kappa shape index (κ1) is 22.5. The van der Waals surface area contributed by atoms with Crippen molar-refractivity contribution in [3.8, 4) is 0 Å². The van der Waals surface area contributed by atoms with Crippen molar-refractivity contribution in [2.24, 2.45) is 0 Å². The molecular weight excluding hydrogens is 415 g/mol. The molecule has 3 aromatic carbocycles. The van der Waals surface area contributed by atoms with Crippen LogP contribution in [0.25, 0.3) is 0 Å². The Hall–Kier alpha value is -3.19. The Bertz CT molecular complexity index is 1120. The van der Waals surface area contributed by atoms with Crippen LogP contribution in [0.4, 0.5) is 10.1 Å². The largest absolute Gasteiger partial charge is 0.341 e. The third kappa shape index (κ3) is 5.70. The minimum atomic E-state index is -3.83. The zero-order chi connectivity index (χ0) is 22.4. The summed E-state index contributed by atoms with van der Waals surface area (Å²) < 4.78 is 41.0. The van der Waals surface area contributed by atoms with Gasteiger partial charge < -0.3 is 4.90 Å². The van der Waals surface area contributed by atoms with Gasteiger partial charge in [-0.15, -0.1) is 0 Å². The molecule has 0 aliphatic rings. The lowest BCUT2D eigenvalue weighted by Crippen LogP contribution is -2.36. The van der Waals surface area contributed by atoms with Gasteiger partial charge in [0.05, 0.1) is 10.6 Å². The summed E-state index contributed by atoms with van der Waals surface area (Å²) in [6, 6.07) is 21.3. The maximum absolute atomic E-state index is 13.3. The number of para-hydroxylation sites is 1. The van der Waals surface area contributed by atoms with Gasteiger partial charge in [0.15, 0.2) is 0 Å². The Morgan fingerprint density at radius 3 is 2.13 bits per heavy atom. The van der Waals surface area contributed by atoms with Crippen LogP contribution in [0, 0.1) is 12.7 Å². The molecule has 0 saturated heterocycles. The Kier molecular flexibility index (Phi) is 7.07. The van der Waals surface area contributed by atoms with E-state index in [-0.39, 0.29) is 29.6 Å². The number of hydrogen-bond donors (Lipinski definition) is 0. The fraction of sp³-hybridized carbons (Fsp3) is 0.208. The van der Waals surface area contributed by atoms with Crippen LogP contribution in [-0.2, 0) is 21.4 Å². The number of carbonyl (C=O) groups is 1. The highest BCUT2D eigenvalue weighted by molar-refractivity contribution is 7.92. The second-order valence-corrected chi connectivity index (χ2v) is 9.21. The quantitative estimate of drug-likeness (QED) is 0.522. The van der Waals surface area contributed by atoms with Crippen LogP contribution in [0.2, 0.25) is 0 Å². The van der Waals surface area contributed by atoms with E-state index in [1.165, 1.54) is 21.3 Å². The average Bonchev–Trinajstić information content (AvgIpc) is 2.76. The van der Waals surface area contributed by atoms with Gasteiger partial charge in [0.2, 0.25) is 5.91 Å². The average molecular weight is 441 g/mol. The number of anilines is 1. The highest BCUT2D eigenvalue weighted by atomic mass is 32.2. The van der Waals surface area contributed by atoms with E-state index in [9.17, 15) is 17.6 Å². The number of halogens is 1. The summed E-state index contributed by atoms with van der Waals surface area (Å²) in [5.74, 6) is -0.540. The van der Waals surface area contributed by atoms with Gasteiger partial charge in [-0.2, -0.15) is 0 Å². The van der Waals surface area contributed by atoms with Gasteiger partial charge in [0, 0.05) is 26.6 Å². The second kappa shape index (κ2) is 9.75. The highest BCUT2D eigenvalue weighted by Gasteiger charge is 2.26. The molecule has 3 rings (SSSR count). The molecule has 0 saturated carbocycles. The van der Waals surface area contributed by atoms with Gasteiger partial charge >= 0.3 is 0 Å². The van der Waals surface area contributed by atoms with Gasteiger partial charge in [-0.1, -0.05) is 48.0 Å². The van der Waals surface area contributed by atoms with Crippen molar-refractivity contribution in [3.05, 3.63) is 95.8 Å². The van der Waals surface area contributed by atoms with Crippen LogP contribution in [0.1, 0.15) is 17.5 Å². The van der Waals surface area contributed by atoms with E-state index in [4.69, 9.17) is 0 Å². The number of rotatable bonds is 8. The van der Waals surface area contributed by atoms with E-state index in [2.05, 4.69) is 0 Å². The summed E-state index contributed by atoms with van der Waals surface area (Å²) in [6.07, 6.45) is 0.0116. The van der Waals surface area contributed by atoms with E-state index in [0.29, 0.717) is 12.2 Å². The van der Waals surface area contributed by atoms with Crippen molar-refractivity contribution in [2.75, 3.05) is 17.9 Å². The molecule has 0 bridgehead atoms. The molecule has 5 nitrogen and oxygen atoms in total.